The molecule has 0 spiro atoms. The molecule has 2 unspecified atom stereocenters. The van der Waals surface area contributed by atoms with Crippen LogP contribution in [0.2, 0.25) is 0 Å². The molecule has 1 heterocycles. The van der Waals surface area contributed by atoms with Crippen molar-refractivity contribution in [3.63, 3.8) is 0 Å². The van der Waals surface area contributed by atoms with E-state index in [0.717, 1.165) is 31.8 Å². The van der Waals surface area contributed by atoms with Crippen LogP contribution in [0.4, 0.5) is 0 Å². The molecule has 4 heteroatoms. The van der Waals surface area contributed by atoms with Crippen LogP contribution in [0.25, 0.3) is 0 Å². The average molecular weight is 239 g/mol. The summed E-state index contributed by atoms with van der Waals surface area (Å²) >= 11 is 0. The van der Waals surface area contributed by atoms with E-state index in [4.69, 9.17) is 4.74 Å². The van der Waals surface area contributed by atoms with Gasteiger partial charge in [0.1, 0.15) is 5.82 Å². The highest BCUT2D eigenvalue weighted by molar-refractivity contribution is 4.96. The van der Waals surface area contributed by atoms with E-state index in [1.165, 1.54) is 0 Å². The Balaban J connectivity index is 2.64. The van der Waals surface area contributed by atoms with Gasteiger partial charge in [-0.1, -0.05) is 6.92 Å². The molecule has 4 nitrogen and oxygen atoms in total. The number of imidazole rings is 1. The van der Waals surface area contributed by atoms with E-state index >= 15 is 0 Å². The third-order valence-corrected chi connectivity index (χ3v) is 3.14. The van der Waals surface area contributed by atoms with E-state index in [1.54, 1.807) is 7.11 Å². The zero-order valence-electron chi connectivity index (χ0n) is 11.4. The van der Waals surface area contributed by atoms with Gasteiger partial charge >= 0.3 is 0 Å². The normalized spacial score (nSPS) is 14.8. The standard InChI is InChI=1S/C13H25N3O/c1-5-7-14-12(11(3)17-4)10-13-15-8-9-16(13)6-2/h8-9,11-12,14H,5-7,10H2,1-4H3. The lowest BCUT2D eigenvalue weighted by molar-refractivity contribution is 0.0821. The Morgan fingerprint density at radius 2 is 2.24 bits per heavy atom. The number of nitrogens with zero attached hydrogens (tertiary/aromatic N) is 2. The second-order valence-electron chi connectivity index (χ2n) is 4.34. The molecule has 17 heavy (non-hydrogen) atoms. The van der Waals surface area contributed by atoms with Gasteiger partial charge in [0, 0.05) is 38.5 Å². The van der Waals surface area contributed by atoms with Gasteiger partial charge in [0.05, 0.1) is 6.10 Å². The monoisotopic (exact) mass is 239 g/mol. The van der Waals surface area contributed by atoms with Crippen molar-refractivity contribution in [2.45, 2.75) is 52.3 Å². The summed E-state index contributed by atoms with van der Waals surface area (Å²) in [5.74, 6) is 1.13. The Kier molecular flexibility index (Phi) is 6.22. The van der Waals surface area contributed by atoms with Crippen LogP contribution in [0.1, 0.15) is 33.0 Å². The minimum Gasteiger partial charge on any atom is -0.380 e. The molecule has 0 saturated carbocycles. The Morgan fingerprint density at radius 1 is 1.47 bits per heavy atom. The van der Waals surface area contributed by atoms with Gasteiger partial charge in [-0.05, 0) is 26.8 Å². The third kappa shape index (κ3) is 4.13. The fourth-order valence-electron chi connectivity index (χ4n) is 1.91. The quantitative estimate of drug-likeness (QED) is 0.752. The fourth-order valence-corrected chi connectivity index (χ4v) is 1.91. The summed E-state index contributed by atoms with van der Waals surface area (Å²) in [5, 5.41) is 3.53. The molecule has 2 atom stereocenters. The van der Waals surface area contributed by atoms with E-state index in [9.17, 15) is 0 Å². The second-order valence-corrected chi connectivity index (χ2v) is 4.34. The number of aryl methyl sites for hydroxylation is 1. The summed E-state index contributed by atoms with van der Waals surface area (Å²) in [6.07, 6.45) is 6.14. The first-order chi connectivity index (χ1) is 8.22. The molecule has 0 radical (unpaired) electrons. The molecule has 98 valence electrons. The summed E-state index contributed by atoms with van der Waals surface area (Å²) in [6, 6.07) is 0.327. The number of hydrogen-bond donors (Lipinski definition) is 1. The molecule has 0 aliphatic heterocycles. The predicted molar refractivity (Wildman–Crippen MR) is 70.2 cm³/mol. The van der Waals surface area contributed by atoms with Crippen molar-refractivity contribution in [2.24, 2.45) is 0 Å². The van der Waals surface area contributed by atoms with Crippen molar-refractivity contribution >= 4 is 0 Å². The number of ether oxygens (including phenoxy) is 1. The van der Waals surface area contributed by atoms with Crippen LogP contribution >= 0.6 is 0 Å². The van der Waals surface area contributed by atoms with Crippen molar-refractivity contribution in [1.82, 2.24) is 14.9 Å². The van der Waals surface area contributed by atoms with Gasteiger partial charge in [0.2, 0.25) is 0 Å². The molecular formula is C13H25N3O. The van der Waals surface area contributed by atoms with Crippen LogP contribution in [0.3, 0.4) is 0 Å². The molecule has 1 N–H and O–H groups in total. The van der Waals surface area contributed by atoms with Gasteiger partial charge in [-0.3, -0.25) is 0 Å². The largest absolute Gasteiger partial charge is 0.380 e. The molecule has 0 aliphatic rings. The fraction of sp³-hybridized carbons (Fsp3) is 0.769. The molecule has 1 rings (SSSR count). The lowest BCUT2D eigenvalue weighted by atomic mass is 10.1. The van der Waals surface area contributed by atoms with Crippen molar-refractivity contribution in [3.8, 4) is 0 Å². The molecule has 0 aliphatic carbocycles. The SMILES string of the molecule is CCCNC(Cc1nccn1CC)C(C)OC. The predicted octanol–water partition coefficient (Wildman–Crippen LogP) is 1.85. The molecule has 0 fully saturated rings. The van der Waals surface area contributed by atoms with Gasteiger partial charge in [0.25, 0.3) is 0 Å². The van der Waals surface area contributed by atoms with Crippen LogP contribution < -0.4 is 5.32 Å². The summed E-state index contributed by atoms with van der Waals surface area (Å²) < 4.78 is 7.62. The average Bonchev–Trinajstić information content (AvgIpc) is 2.80. The van der Waals surface area contributed by atoms with Crippen LogP contribution in [-0.2, 0) is 17.7 Å². The van der Waals surface area contributed by atoms with Crippen molar-refractivity contribution in [2.75, 3.05) is 13.7 Å². The topological polar surface area (TPSA) is 39.1 Å². The first-order valence-corrected chi connectivity index (χ1v) is 6.49. The Morgan fingerprint density at radius 3 is 2.82 bits per heavy atom. The molecule has 1 aromatic heterocycles. The van der Waals surface area contributed by atoms with Crippen LogP contribution in [-0.4, -0.2) is 35.4 Å². The maximum absolute atomic E-state index is 5.43. The highest BCUT2D eigenvalue weighted by atomic mass is 16.5. The lowest BCUT2D eigenvalue weighted by Gasteiger charge is -2.24. The minimum atomic E-state index is 0.198. The maximum Gasteiger partial charge on any atom is 0.110 e. The van der Waals surface area contributed by atoms with E-state index in [1.807, 2.05) is 12.4 Å². The number of rotatable bonds is 8. The van der Waals surface area contributed by atoms with E-state index < -0.39 is 0 Å². The number of methoxy groups -OCH3 is 1. The summed E-state index contributed by atoms with van der Waals surface area (Å²) in [5.41, 5.74) is 0. The van der Waals surface area contributed by atoms with Crippen molar-refractivity contribution in [3.05, 3.63) is 18.2 Å². The molecule has 0 saturated heterocycles. The summed E-state index contributed by atoms with van der Waals surface area (Å²) in [7, 11) is 1.76. The molecular weight excluding hydrogens is 214 g/mol. The van der Waals surface area contributed by atoms with E-state index in [-0.39, 0.29) is 6.10 Å². The van der Waals surface area contributed by atoms with Gasteiger partial charge in [-0.2, -0.15) is 0 Å². The molecule has 1 aromatic rings. The zero-order chi connectivity index (χ0) is 12.7. The van der Waals surface area contributed by atoms with E-state index in [0.29, 0.717) is 6.04 Å². The molecule has 0 aromatic carbocycles. The highest BCUT2D eigenvalue weighted by Gasteiger charge is 2.18. The van der Waals surface area contributed by atoms with Crippen molar-refractivity contribution in [1.29, 1.82) is 0 Å². The second kappa shape index (κ2) is 7.45. The minimum absolute atomic E-state index is 0.198. The number of aromatic nitrogens is 2. The summed E-state index contributed by atoms with van der Waals surface area (Å²) in [6.45, 7) is 8.41. The highest BCUT2D eigenvalue weighted by Crippen LogP contribution is 2.07. The van der Waals surface area contributed by atoms with Gasteiger partial charge < -0.3 is 14.6 Å². The van der Waals surface area contributed by atoms with Crippen LogP contribution in [0, 0.1) is 0 Å². The smallest absolute Gasteiger partial charge is 0.110 e. The van der Waals surface area contributed by atoms with Gasteiger partial charge in [-0.15, -0.1) is 0 Å². The summed E-state index contributed by atoms with van der Waals surface area (Å²) in [4.78, 5) is 4.42. The van der Waals surface area contributed by atoms with Crippen LogP contribution in [0.15, 0.2) is 12.4 Å². The van der Waals surface area contributed by atoms with Gasteiger partial charge in [0.15, 0.2) is 0 Å². The Hall–Kier alpha value is -0.870. The first-order valence-electron chi connectivity index (χ1n) is 6.49. The first kappa shape index (κ1) is 14.2. The lowest BCUT2D eigenvalue weighted by Crippen LogP contribution is -2.42. The van der Waals surface area contributed by atoms with Gasteiger partial charge in [-0.25, -0.2) is 4.98 Å². The van der Waals surface area contributed by atoms with Crippen molar-refractivity contribution < 1.29 is 4.74 Å². The molecule has 0 amide bonds. The Bertz CT molecular complexity index is 311. The number of hydrogen-bond acceptors (Lipinski definition) is 3. The maximum atomic E-state index is 5.43. The number of nitrogens with one attached hydrogen (secondary N) is 1. The zero-order valence-corrected chi connectivity index (χ0v) is 11.4. The Labute approximate surface area is 104 Å². The third-order valence-electron chi connectivity index (χ3n) is 3.14. The van der Waals surface area contributed by atoms with E-state index in [2.05, 4.69) is 35.6 Å². The molecule has 0 bridgehead atoms. The van der Waals surface area contributed by atoms with Crippen LogP contribution in [0.5, 0.6) is 0 Å².